The number of carbonyl (C=O) groups is 1. The smallest absolute Gasteiger partial charge is 0.269 e. The van der Waals surface area contributed by atoms with E-state index in [2.05, 4.69) is 36.4 Å². The molecule has 128 valence electrons. The van der Waals surface area contributed by atoms with Crippen LogP contribution in [-0.4, -0.2) is 30.1 Å². The molecule has 1 aromatic carbocycles. The van der Waals surface area contributed by atoms with Crippen molar-refractivity contribution in [1.29, 1.82) is 0 Å². The summed E-state index contributed by atoms with van der Waals surface area (Å²) in [5.41, 5.74) is 2.38. The molecule has 0 saturated carbocycles. The molecule has 2 rings (SSSR count). The van der Waals surface area contributed by atoms with Gasteiger partial charge in [-0.05, 0) is 57.0 Å². The molecule has 1 heterocycles. The van der Waals surface area contributed by atoms with Crippen LogP contribution in [0.3, 0.4) is 0 Å². The van der Waals surface area contributed by atoms with Crippen LogP contribution >= 0.6 is 0 Å². The Hall–Kier alpha value is -2.56. The van der Waals surface area contributed by atoms with Gasteiger partial charge in [-0.25, -0.2) is 0 Å². The van der Waals surface area contributed by atoms with E-state index in [1.807, 2.05) is 30.3 Å². The van der Waals surface area contributed by atoms with Gasteiger partial charge in [-0.15, -0.1) is 0 Å². The molecule has 0 unspecified atom stereocenters. The number of aromatic nitrogens is 1. The van der Waals surface area contributed by atoms with E-state index in [1.54, 1.807) is 19.4 Å². The van der Waals surface area contributed by atoms with E-state index < -0.39 is 0 Å². The van der Waals surface area contributed by atoms with Gasteiger partial charge in [0.25, 0.3) is 5.91 Å². The Morgan fingerprint density at radius 3 is 2.50 bits per heavy atom. The number of hydrogen-bond donors (Lipinski definition) is 2. The van der Waals surface area contributed by atoms with Gasteiger partial charge in [0.2, 0.25) is 0 Å². The number of ether oxygens (including phenoxy) is 1. The predicted molar refractivity (Wildman–Crippen MR) is 96.6 cm³/mol. The number of carbonyl (C=O) groups excluding carboxylic acids is 1. The van der Waals surface area contributed by atoms with Gasteiger partial charge in [0, 0.05) is 24.0 Å². The van der Waals surface area contributed by atoms with Crippen LogP contribution in [0.2, 0.25) is 0 Å². The number of anilines is 1. The van der Waals surface area contributed by atoms with Gasteiger partial charge in [-0.1, -0.05) is 12.1 Å². The third kappa shape index (κ3) is 5.57. The largest absolute Gasteiger partial charge is 0.497 e. The van der Waals surface area contributed by atoms with Crippen molar-refractivity contribution in [2.24, 2.45) is 0 Å². The zero-order chi connectivity index (χ0) is 17.6. The molecule has 0 bridgehead atoms. The number of amides is 1. The molecule has 0 saturated heterocycles. The highest BCUT2D eigenvalue weighted by molar-refractivity contribution is 5.93. The van der Waals surface area contributed by atoms with Crippen molar-refractivity contribution < 1.29 is 9.53 Å². The number of nitrogens with zero attached hydrogens (tertiary/aromatic N) is 1. The number of pyridine rings is 1. The second kappa shape index (κ2) is 7.81. The minimum Gasteiger partial charge on any atom is -0.497 e. The highest BCUT2D eigenvalue weighted by atomic mass is 16.5. The number of methoxy groups -OCH3 is 1. The molecule has 1 amide bonds. The summed E-state index contributed by atoms with van der Waals surface area (Å²) in [4.78, 5) is 16.4. The van der Waals surface area contributed by atoms with Crippen LogP contribution in [0.1, 0.15) is 36.8 Å². The molecular weight excluding hydrogens is 302 g/mol. The van der Waals surface area contributed by atoms with Gasteiger partial charge in [0.05, 0.1) is 7.11 Å². The van der Waals surface area contributed by atoms with Crippen LogP contribution < -0.4 is 15.4 Å². The minimum atomic E-state index is -0.166. The lowest BCUT2D eigenvalue weighted by Crippen LogP contribution is -2.28. The molecule has 0 atom stereocenters. The first-order valence-corrected chi connectivity index (χ1v) is 8.03. The summed E-state index contributed by atoms with van der Waals surface area (Å²) in [6, 6.07) is 11.5. The van der Waals surface area contributed by atoms with E-state index in [9.17, 15) is 4.79 Å². The Morgan fingerprint density at radius 2 is 1.88 bits per heavy atom. The average molecular weight is 327 g/mol. The average Bonchev–Trinajstić information content (AvgIpc) is 2.54. The Kier molecular flexibility index (Phi) is 5.79. The van der Waals surface area contributed by atoms with E-state index in [0.29, 0.717) is 12.2 Å². The van der Waals surface area contributed by atoms with Crippen LogP contribution in [-0.2, 0) is 6.42 Å². The highest BCUT2D eigenvalue weighted by Crippen LogP contribution is 2.15. The third-order valence-electron chi connectivity index (χ3n) is 3.37. The standard InChI is InChI=1S/C19H25N3O2/c1-19(2,3)22-15-10-12-20-17(13-15)18(23)21-11-9-14-5-7-16(24-4)8-6-14/h5-8,10,12-13H,9,11H2,1-4H3,(H,20,22)(H,21,23). The molecule has 1 aromatic heterocycles. The van der Waals surface area contributed by atoms with Crippen molar-refractivity contribution in [1.82, 2.24) is 10.3 Å². The van der Waals surface area contributed by atoms with Crippen molar-refractivity contribution in [3.8, 4) is 5.75 Å². The maximum atomic E-state index is 12.2. The summed E-state index contributed by atoms with van der Waals surface area (Å²) in [7, 11) is 1.64. The Balaban J connectivity index is 1.89. The summed E-state index contributed by atoms with van der Waals surface area (Å²) < 4.78 is 5.13. The third-order valence-corrected chi connectivity index (χ3v) is 3.37. The molecule has 24 heavy (non-hydrogen) atoms. The van der Waals surface area contributed by atoms with Crippen molar-refractivity contribution in [2.45, 2.75) is 32.7 Å². The molecule has 0 aliphatic heterocycles. The quantitative estimate of drug-likeness (QED) is 0.855. The number of benzene rings is 1. The van der Waals surface area contributed by atoms with Crippen LogP contribution in [0.5, 0.6) is 5.75 Å². The van der Waals surface area contributed by atoms with Crippen molar-refractivity contribution in [3.05, 3.63) is 53.9 Å². The van der Waals surface area contributed by atoms with E-state index in [4.69, 9.17) is 4.74 Å². The van der Waals surface area contributed by atoms with Gasteiger partial charge in [0.15, 0.2) is 0 Å². The van der Waals surface area contributed by atoms with Gasteiger partial charge < -0.3 is 15.4 Å². The Morgan fingerprint density at radius 1 is 1.17 bits per heavy atom. The van der Waals surface area contributed by atoms with Crippen LogP contribution in [0, 0.1) is 0 Å². The minimum absolute atomic E-state index is 0.0660. The molecule has 0 aliphatic carbocycles. The lowest BCUT2D eigenvalue weighted by Gasteiger charge is -2.22. The van der Waals surface area contributed by atoms with Gasteiger partial charge >= 0.3 is 0 Å². The van der Waals surface area contributed by atoms with E-state index in [-0.39, 0.29) is 11.4 Å². The zero-order valence-electron chi connectivity index (χ0n) is 14.7. The van der Waals surface area contributed by atoms with Crippen LogP contribution in [0.25, 0.3) is 0 Å². The van der Waals surface area contributed by atoms with Gasteiger partial charge in [-0.3, -0.25) is 9.78 Å². The van der Waals surface area contributed by atoms with Crippen molar-refractivity contribution >= 4 is 11.6 Å². The number of nitrogens with one attached hydrogen (secondary N) is 2. The zero-order valence-corrected chi connectivity index (χ0v) is 14.7. The predicted octanol–water partition coefficient (Wildman–Crippen LogP) is 3.27. The van der Waals surface area contributed by atoms with Crippen molar-refractivity contribution in [2.75, 3.05) is 19.0 Å². The molecular formula is C19H25N3O2. The molecule has 0 radical (unpaired) electrons. The molecule has 5 nitrogen and oxygen atoms in total. The topological polar surface area (TPSA) is 63.2 Å². The second-order valence-corrected chi connectivity index (χ2v) is 6.66. The van der Waals surface area contributed by atoms with Gasteiger partial charge in [0.1, 0.15) is 11.4 Å². The summed E-state index contributed by atoms with van der Waals surface area (Å²) in [6.07, 6.45) is 2.40. The highest BCUT2D eigenvalue weighted by Gasteiger charge is 2.12. The molecule has 5 heteroatoms. The summed E-state index contributed by atoms with van der Waals surface area (Å²) in [5, 5.41) is 6.24. The Bertz CT molecular complexity index is 676. The molecule has 2 aromatic rings. The first kappa shape index (κ1) is 17.8. The molecule has 0 aliphatic rings. The van der Waals surface area contributed by atoms with E-state index in [1.165, 1.54) is 0 Å². The molecule has 2 N–H and O–H groups in total. The molecule has 0 spiro atoms. The van der Waals surface area contributed by atoms with Crippen LogP contribution in [0.4, 0.5) is 5.69 Å². The summed E-state index contributed by atoms with van der Waals surface area (Å²) in [6.45, 7) is 6.77. The summed E-state index contributed by atoms with van der Waals surface area (Å²) in [5.74, 6) is 0.663. The van der Waals surface area contributed by atoms with Crippen molar-refractivity contribution in [3.63, 3.8) is 0 Å². The monoisotopic (exact) mass is 327 g/mol. The maximum absolute atomic E-state index is 12.2. The fourth-order valence-corrected chi connectivity index (χ4v) is 2.27. The lowest BCUT2D eigenvalue weighted by molar-refractivity contribution is 0.0949. The van der Waals surface area contributed by atoms with Crippen LogP contribution in [0.15, 0.2) is 42.6 Å². The Labute approximate surface area is 143 Å². The SMILES string of the molecule is COc1ccc(CCNC(=O)c2cc(NC(C)(C)C)ccn2)cc1. The number of rotatable bonds is 6. The fourth-order valence-electron chi connectivity index (χ4n) is 2.27. The molecule has 0 fully saturated rings. The summed E-state index contributed by atoms with van der Waals surface area (Å²) >= 11 is 0. The van der Waals surface area contributed by atoms with E-state index in [0.717, 1.165) is 23.4 Å². The first-order valence-electron chi connectivity index (χ1n) is 8.03. The normalized spacial score (nSPS) is 11.0. The lowest BCUT2D eigenvalue weighted by atomic mass is 10.1. The van der Waals surface area contributed by atoms with Gasteiger partial charge in [-0.2, -0.15) is 0 Å². The van der Waals surface area contributed by atoms with E-state index >= 15 is 0 Å². The fraction of sp³-hybridized carbons (Fsp3) is 0.368. The second-order valence-electron chi connectivity index (χ2n) is 6.66. The number of hydrogen-bond acceptors (Lipinski definition) is 4. The maximum Gasteiger partial charge on any atom is 0.269 e. The first-order chi connectivity index (χ1) is 11.4.